The van der Waals surface area contributed by atoms with E-state index in [1.165, 1.54) is 6.33 Å². The Hall–Kier alpha value is -2.44. The minimum Gasteiger partial charge on any atom is -0.381 e. The molecule has 7 heteroatoms. The highest BCUT2D eigenvalue weighted by Gasteiger charge is 2.20. The number of pyridine rings is 1. The SMILES string of the molecule is CC(=O)N1CCC(Nc2ccc(-n3cncn3)nc2)CC1. The fraction of sp³-hybridized carbons (Fsp3) is 0.429. The normalized spacial score (nSPS) is 16.0. The Morgan fingerprint density at radius 2 is 2.14 bits per heavy atom. The van der Waals surface area contributed by atoms with Crippen LogP contribution in [-0.2, 0) is 4.79 Å². The number of amides is 1. The molecule has 3 heterocycles. The van der Waals surface area contributed by atoms with Gasteiger partial charge in [-0.25, -0.2) is 14.6 Å². The van der Waals surface area contributed by atoms with Gasteiger partial charge in [-0.15, -0.1) is 0 Å². The molecule has 1 aliphatic heterocycles. The monoisotopic (exact) mass is 286 g/mol. The average Bonchev–Trinajstić information content (AvgIpc) is 3.03. The Balaban J connectivity index is 1.58. The predicted molar refractivity (Wildman–Crippen MR) is 78.1 cm³/mol. The maximum Gasteiger partial charge on any atom is 0.219 e. The van der Waals surface area contributed by atoms with Gasteiger partial charge in [-0.2, -0.15) is 5.10 Å². The quantitative estimate of drug-likeness (QED) is 0.914. The molecular weight excluding hydrogens is 268 g/mol. The van der Waals surface area contributed by atoms with Crippen molar-refractivity contribution in [1.29, 1.82) is 0 Å². The van der Waals surface area contributed by atoms with Gasteiger partial charge in [-0.3, -0.25) is 4.79 Å². The van der Waals surface area contributed by atoms with Crippen molar-refractivity contribution in [2.24, 2.45) is 0 Å². The molecule has 0 unspecified atom stereocenters. The van der Waals surface area contributed by atoms with Crippen LogP contribution in [0, 0.1) is 0 Å². The summed E-state index contributed by atoms with van der Waals surface area (Å²) in [7, 11) is 0. The largest absolute Gasteiger partial charge is 0.381 e. The summed E-state index contributed by atoms with van der Waals surface area (Å²) in [6.45, 7) is 3.26. The van der Waals surface area contributed by atoms with Gasteiger partial charge < -0.3 is 10.2 Å². The second-order valence-electron chi connectivity index (χ2n) is 5.17. The number of carbonyl (C=O) groups is 1. The molecule has 1 aliphatic rings. The lowest BCUT2D eigenvalue weighted by atomic mass is 10.0. The van der Waals surface area contributed by atoms with Crippen LogP contribution in [0.5, 0.6) is 0 Å². The molecule has 0 aromatic carbocycles. The zero-order valence-corrected chi connectivity index (χ0v) is 11.9. The van der Waals surface area contributed by atoms with Crippen LogP contribution in [0.3, 0.4) is 0 Å². The van der Waals surface area contributed by atoms with Gasteiger partial charge in [0.05, 0.1) is 11.9 Å². The number of rotatable bonds is 3. The lowest BCUT2D eigenvalue weighted by molar-refractivity contribution is -0.129. The number of piperidine rings is 1. The molecule has 0 atom stereocenters. The molecule has 0 spiro atoms. The molecule has 0 saturated carbocycles. The van der Waals surface area contributed by atoms with Crippen molar-refractivity contribution in [3.8, 4) is 5.82 Å². The van der Waals surface area contributed by atoms with E-state index in [1.54, 1.807) is 24.1 Å². The Morgan fingerprint density at radius 1 is 1.33 bits per heavy atom. The van der Waals surface area contributed by atoms with Gasteiger partial charge in [0, 0.05) is 26.1 Å². The molecule has 2 aromatic heterocycles. The number of likely N-dealkylation sites (tertiary alicyclic amines) is 1. The Bertz CT molecular complexity index is 586. The van der Waals surface area contributed by atoms with E-state index < -0.39 is 0 Å². The molecule has 0 bridgehead atoms. The van der Waals surface area contributed by atoms with Crippen molar-refractivity contribution < 1.29 is 4.79 Å². The zero-order valence-electron chi connectivity index (χ0n) is 11.9. The Morgan fingerprint density at radius 3 is 2.71 bits per heavy atom. The molecule has 110 valence electrons. The third-order valence-electron chi connectivity index (χ3n) is 3.71. The molecule has 1 saturated heterocycles. The number of carbonyl (C=O) groups excluding carboxylic acids is 1. The number of hydrogen-bond acceptors (Lipinski definition) is 5. The van der Waals surface area contributed by atoms with Crippen LogP contribution in [0.2, 0.25) is 0 Å². The molecule has 7 nitrogen and oxygen atoms in total. The molecule has 2 aromatic rings. The maximum absolute atomic E-state index is 11.3. The van der Waals surface area contributed by atoms with Gasteiger partial charge in [0.2, 0.25) is 5.91 Å². The maximum atomic E-state index is 11.3. The summed E-state index contributed by atoms with van der Waals surface area (Å²) in [6.07, 6.45) is 6.83. The second kappa shape index (κ2) is 5.90. The smallest absolute Gasteiger partial charge is 0.219 e. The van der Waals surface area contributed by atoms with Crippen LogP contribution < -0.4 is 5.32 Å². The minimum absolute atomic E-state index is 0.160. The first-order valence-corrected chi connectivity index (χ1v) is 7.05. The van der Waals surface area contributed by atoms with Crippen molar-refractivity contribution in [3.05, 3.63) is 31.0 Å². The van der Waals surface area contributed by atoms with E-state index in [-0.39, 0.29) is 5.91 Å². The van der Waals surface area contributed by atoms with Crippen molar-refractivity contribution in [2.75, 3.05) is 18.4 Å². The van der Waals surface area contributed by atoms with Gasteiger partial charge in [-0.05, 0) is 25.0 Å². The lowest BCUT2D eigenvalue weighted by Gasteiger charge is -2.32. The molecule has 1 fully saturated rings. The Kier molecular flexibility index (Phi) is 3.81. The first kappa shape index (κ1) is 13.5. The van der Waals surface area contributed by atoms with E-state index in [2.05, 4.69) is 20.4 Å². The third-order valence-corrected chi connectivity index (χ3v) is 3.71. The molecule has 0 aliphatic carbocycles. The zero-order chi connectivity index (χ0) is 14.7. The van der Waals surface area contributed by atoms with Crippen LogP contribution in [-0.4, -0.2) is 49.7 Å². The van der Waals surface area contributed by atoms with Crippen LogP contribution in [0.25, 0.3) is 5.82 Å². The van der Waals surface area contributed by atoms with Crippen LogP contribution in [0.15, 0.2) is 31.0 Å². The van der Waals surface area contributed by atoms with Crippen LogP contribution in [0.1, 0.15) is 19.8 Å². The van der Waals surface area contributed by atoms with Gasteiger partial charge in [0.25, 0.3) is 0 Å². The lowest BCUT2D eigenvalue weighted by Crippen LogP contribution is -2.41. The summed E-state index contributed by atoms with van der Waals surface area (Å²) in [5.74, 6) is 0.900. The van der Waals surface area contributed by atoms with E-state index in [1.807, 2.05) is 17.0 Å². The van der Waals surface area contributed by atoms with E-state index in [4.69, 9.17) is 0 Å². The highest BCUT2D eigenvalue weighted by Crippen LogP contribution is 2.16. The summed E-state index contributed by atoms with van der Waals surface area (Å²) >= 11 is 0. The van der Waals surface area contributed by atoms with E-state index >= 15 is 0 Å². The van der Waals surface area contributed by atoms with Crippen molar-refractivity contribution in [1.82, 2.24) is 24.6 Å². The van der Waals surface area contributed by atoms with Crippen LogP contribution >= 0.6 is 0 Å². The molecule has 1 amide bonds. The third kappa shape index (κ3) is 3.18. The second-order valence-corrected chi connectivity index (χ2v) is 5.17. The summed E-state index contributed by atoms with van der Waals surface area (Å²) < 4.78 is 1.62. The first-order chi connectivity index (χ1) is 10.2. The fourth-order valence-electron chi connectivity index (χ4n) is 2.51. The molecule has 1 N–H and O–H groups in total. The summed E-state index contributed by atoms with van der Waals surface area (Å²) in [5, 5.41) is 7.51. The highest BCUT2D eigenvalue weighted by atomic mass is 16.2. The topological polar surface area (TPSA) is 75.9 Å². The fourth-order valence-corrected chi connectivity index (χ4v) is 2.51. The summed E-state index contributed by atoms with van der Waals surface area (Å²) in [6, 6.07) is 4.28. The van der Waals surface area contributed by atoms with Gasteiger partial charge >= 0.3 is 0 Å². The molecular formula is C14H18N6O. The van der Waals surface area contributed by atoms with Gasteiger partial charge in [-0.1, -0.05) is 0 Å². The average molecular weight is 286 g/mol. The number of anilines is 1. The Labute approximate surface area is 123 Å². The van der Waals surface area contributed by atoms with Gasteiger partial charge in [0.15, 0.2) is 5.82 Å². The first-order valence-electron chi connectivity index (χ1n) is 7.05. The summed E-state index contributed by atoms with van der Waals surface area (Å²) in [5.41, 5.74) is 0.986. The number of nitrogens with zero attached hydrogens (tertiary/aromatic N) is 5. The summed E-state index contributed by atoms with van der Waals surface area (Å²) in [4.78, 5) is 21.5. The van der Waals surface area contributed by atoms with E-state index in [0.29, 0.717) is 6.04 Å². The van der Waals surface area contributed by atoms with E-state index in [9.17, 15) is 4.79 Å². The number of aromatic nitrogens is 4. The number of hydrogen-bond donors (Lipinski definition) is 1. The molecule has 3 rings (SSSR count). The van der Waals surface area contributed by atoms with Crippen molar-refractivity contribution >= 4 is 11.6 Å². The number of nitrogens with one attached hydrogen (secondary N) is 1. The van der Waals surface area contributed by atoms with Crippen molar-refractivity contribution in [3.63, 3.8) is 0 Å². The highest BCUT2D eigenvalue weighted by molar-refractivity contribution is 5.73. The minimum atomic E-state index is 0.160. The standard InChI is InChI=1S/C14H18N6O/c1-11(21)19-6-4-12(5-7-19)18-13-2-3-14(16-8-13)20-10-15-9-17-20/h2-3,8-10,12,18H,4-7H2,1H3. The van der Waals surface area contributed by atoms with Gasteiger partial charge in [0.1, 0.15) is 12.7 Å². The van der Waals surface area contributed by atoms with Crippen molar-refractivity contribution in [2.45, 2.75) is 25.8 Å². The van der Waals surface area contributed by atoms with Crippen LogP contribution in [0.4, 0.5) is 5.69 Å². The molecule has 21 heavy (non-hydrogen) atoms. The van der Waals surface area contributed by atoms with E-state index in [0.717, 1.165) is 37.4 Å². The predicted octanol–water partition coefficient (Wildman–Crippen LogP) is 1.09. The molecule has 0 radical (unpaired) electrons.